The molecular weight excluding hydrogens is 256 g/mol. The number of esters is 1. The minimum Gasteiger partial charge on any atom is -0.459 e. The van der Waals surface area contributed by atoms with Gasteiger partial charge in [0.25, 0.3) is 0 Å². The van der Waals surface area contributed by atoms with E-state index < -0.39 is 5.60 Å². The highest BCUT2D eigenvalue weighted by atomic mass is 16.6. The molecule has 0 bridgehead atoms. The lowest BCUT2D eigenvalue weighted by molar-refractivity contribution is -0.160. The molecule has 0 aromatic rings. The summed E-state index contributed by atoms with van der Waals surface area (Å²) in [5.41, 5.74) is -0.393. The third-order valence-corrected chi connectivity index (χ3v) is 3.85. The van der Waals surface area contributed by atoms with Crippen molar-refractivity contribution in [2.24, 2.45) is 0 Å². The maximum atomic E-state index is 12.2. The number of rotatable bonds is 4. The van der Waals surface area contributed by atoms with E-state index in [-0.39, 0.29) is 12.0 Å². The van der Waals surface area contributed by atoms with Gasteiger partial charge in [-0.3, -0.25) is 14.6 Å². The van der Waals surface area contributed by atoms with Crippen LogP contribution < -0.4 is 0 Å². The van der Waals surface area contributed by atoms with E-state index in [0.29, 0.717) is 0 Å². The van der Waals surface area contributed by atoms with Crippen molar-refractivity contribution in [2.45, 2.75) is 45.3 Å². The van der Waals surface area contributed by atoms with Gasteiger partial charge in [0, 0.05) is 26.2 Å². The lowest BCUT2D eigenvalue weighted by atomic mass is 10.1. The van der Waals surface area contributed by atoms with Crippen LogP contribution in [0.3, 0.4) is 0 Å². The summed E-state index contributed by atoms with van der Waals surface area (Å²) in [7, 11) is 0. The molecule has 20 heavy (non-hydrogen) atoms. The predicted molar refractivity (Wildman–Crippen MR) is 77.7 cm³/mol. The Morgan fingerprint density at radius 2 is 1.90 bits per heavy atom. The first-order valence-corrected chi connectivity index (χ1v) is 7.73. The molecule has 0 spiro atoms. The van der Waals surface area contributed by atoms with E-state index in [1.807, 2.05) is 20.8 Å². The molecule has 0 saturated carbocycles. The van der Waals surface area contributed by atoms with E-state index in [2.05, 4.69) is 9.80 Å². The average Bonchev–Trinajstić information content (AvgIpc) is 2.84. The molecule has 0 radical (unpaired) electrons. The highest BCUT2D eigenvalue weighted by Crippen LogP contribution is 2.20. The molecule has 2 heterocycles. The zero-order chi connectivity index (χ0) is 14.6. The SMILES string of the molecule is CC(C)(C)OC(=O)[C@H]1CCCN1CCN1CCOCC1. The van der Waals surface area contributed by atoms with Crippen LogP contribution in [0.15, 0.2) is 0 Å². The Kier molecular flexibility index (Phi) is 5.41. The van der Waals surface area contributed by atoms with Crippen molar-refractivity contribution in [3.63, 3.8) is 0 Å². The van der Waals surface area contributed by atoms with Crippen LogP contribution in [0.1, 0.15) is 33.6 Å². The van der Waals surface area contributed by atoms with Crippen LogP contribution in [0.5, 0.6) is 0 Å². The molecule has 0 aliphatic carbocycles. The molecule has 5 nitrogen and oxygen atoms in total. The summed E-state index contributed by atoms with van der Waals surface area (Å²) in [4.78, 5) is 16.9. The fourth-order valence-electron chi connectivity index (χ4n) is 2.83. The first kappa shape index (κ1) is 15.7. The standard InChI is InChI=1S/C15H28N2O3/c1-15(2,3)20-14(18)13-5-4-6-17(13)8-7-16-9-11-19-12-10-16/h13H,4-12H2,1-3H3/t13-/m1/s1. The topological polar surface area (TPSA) is 42.0 Å². The van der Waals surface area contributed by atoms with E-state index in [1.165, 1.54) is 0 Å². The number of carbonyl (C=O) groups is 1. The third-order valence-electron chi connectivity index (χ3n) is 3.85. The molecular formula is C15H28N2O3. The molecule has 2 fully saturated rings. The molecule has 0 aromatic heterocycles. The summed E-state index contributed by atoms with van der Waals surface area (Å²) < 4.78 is 10.9. The molecule has 0 aromatic carbocycles. The highest BCUT2D eigenvalue weighted by Gasteiger charge is 2.33. The summed E-state index contributed by atoms with van der Waals surface area (Å²) in [6.07, 6.45) is 2.02. The van der Waals surface area contributed by atoms with Crippen LogP contribution >= 0.6 is 0 Å². The summed E-state index contributed by atoms with van der Waals surface area (Å²) in [5, 5.41) is 0. The lowest BCUT2D eigenvalue weighted by Gasteiger charge is -2.31. The Morgan fingerprint density at radius 3 is 2.55 bits per heavy atom. The Bertz CT molecular complexity index is 322. The predicted octanol–water partition coefficient (Wildman–Crippen LogP) is 1.12. The lowest BCUT2D eigenvalue weighted by Crippen LogP contribution is -2.45. The fourth-order valence-corrected chi connectivity index (χ4v) is 2.83. The molecule has 5 heteroatoms. The van der Waals surface area contributed by atoms with E-state index in [9.17, 15) is 4.79 Å². The van der Waals surface area contributed by atoms with Gasteiger partial charge in [0.05, 0.1) is 13.2 Å². The molecule has 2 aliphatic rings. The minimum atomic E-state index is -0.393. The number of nitrogens with zero attached hydrogens (tertiary/aromatic N) is 2. The molecule has 2 saturated heterocycles. The maximum absolute atomic E-state index is 12.2. The normalized spacial score (nSPS) is 25.9. The highest BCUT2D eigenvalue weighted by molar-refractivity contribution is 5.76. The zero-order valence-electron chi connectivity index (χ0n) is 13.1. The van der Waals surface area contributed by atoms with Crippen molar-refractivity contribution in [1.82, 2.24) is 9.80 Å². The largest absolute Gasteiger partial charge is 0.459 e. The van der Waals surface area contributed by atoms with Gasteiger partial charge in [-0.1, -0.05) is 0 Å². The molecule has 1 atom stereocenters. The van der Waals surface area contributed by atoms with Crippen LogP contribution in [0.25, 0.3) is 0 Å². The van der Waals surface area contributed by atoms with E-state index in [0.717, 1.165) is 58.8 Å². The molecule has 2 aliphatic heterocycles. The summed E-state index contributed by atoms with van der Waals surface area (Å²) in [6, 6.07) is -0.0461. The van der Waals surface area contributed by atoms with Crippen LogP contribution in [-0.4, -0.2) is 73.3 Å². The van der Waals surface area contributed by atoms with Gasteiger partial charge in [-0.05, 0) is 40.2 Å². The number of hydrogen-bond donors (Lipinski definition) is 0. The van der Waals surface area contributed by atoms with Crippen molar-refractivity contribution in [1.29, 1.82) is 0 Å². The molecule has 0 unspecified atom stereocenters. The van der Waals surface area contributed by atoms with Crippen molar-refractivity contribution in [2.75, 3.05) is 45.9 Å². The third kappa shape index (κ3) is 4.72. The molecule has 0 amide bonds. The van der Waals surface area contributed by atoms with Crippen LogP contribution in [0.4, 0.5) is 0 Å². The van der Waals surface area contributed by atoms with Crippen LogP contribution in [-0.2, 0) is 14.3 Å². The first-order chi connectivity index (χ1) is 9.46. The number of likely N-dealkylation sites (tertiary alicyclic amines) is 1. The monoisotopic (exact) mass is 284 g/mol. The second kappa shape index (κ2) is 6.87. The van der Waals surface area contributed by atoms with Crippen molar-refractivity contribution in [3.8, 4) is 0 Å². The van der Waals surface area contributed by atoms with Gasteiger partial charge >= 0.3 is 5.97 Å². The van der Waals surface area contributed by atoms with Crippen LogP contribution in [0, 0.1) is 0 Å². The van der Waals surface area contributed by atoms with Gasteiger partial charge in [0.2, 0.25) is 0 Å². The second-order valence-corrected chi connectivity index (χ2v) is 6.68. The number of carbonyl (C=O) groups excluding carboxylic acids is 1. The Morgan fingerprint density at radius 1 is 1.20 bits per heavy atom. The van der Waals surface area contributed by atoms with Gasteiger partial charge in [-0.15, -0.1) is 0 Å². The van der Waals surface area contributed by atoms with Crippen molar-refractivity contribution >= 4 is 5.97 Å². The zero-order valence-corrected chi connectivity index (χ0v) is 13.1. The van der Waals surface area contributed by atoms with Gasteiger partial charge in [0.1, 0.15) is 11.6 Å². The molecule has 116 valence electrons. The summed E-state index contributed by atoms with van der Waals surface area (Å²) in [6.45, 7) is 12.4. The van der Waals surface area contributed by atoms with Gasteiger partial charge in [-0.2, -0.15) is 0 Å². The molecule has 0 N–H and O–H groups in total. The number of ether oxygens (including phenoxy) is 2. The van der Waals surface area contributed by atoms with E-state index >= 15 is 0 Å². The van der Waals surface area contributed by atoms with Gasteiger partial charge in [-0.25, -0.2) is 0 Å². The van der Waals surface area contributed by atoms with E-state index in [1.54, 1.807) is 0 Å². The Hall–Kier alpha value is -0.650. The Balaban J connectivity index is 1.79. The molecule has 2 rings (SSSR count). The van der Waals surface area contributed by atoms with E-state index in [4.69, 9.17) is 9.47 Å². The second-order valence-electron chi connectivity index (χ2n) is 6.68. The van der Waals surface area contributed by atoms with Crippen molar-refractivity contribution in [3.05, 3.63) is 0 Å². The number of morpholine rings is 1. The van der Waals surface area contributed by atoms with Gasteiger partial charge < -0.3 is 9.47 Å². The summed E-state index contributed by atoms with van der Waals surface area (Å²) >= 11 is 0. The number of hydrogen-bond acceptors (Lipinski definition) is 5. The first-order valence-electron chi connectivity index (χ1n) is 7.73. The summed E-state index contributed by atoms with van der Waals surface area (Å²) in [5.74, 6) is -0.0584. The Labute approximate surface area is 122 Å². The van der Waals surface area contributed by atoms with Gasteiger partial charge in [0.15, 0.2) is 0 Å². The smallest absolute Gasteiger partial charge is 0.323 e. The quantitative estimate of drug-likeness (QED) is 0.724. The minimum absolute atomic E-state index is 0.0461. The van der Waals surface area contributed by atoms with Crippen LogP contribution in [0.2, 0.25) is 0 Å². The maximum Gasteiger partial charge on any atom is 0.323 e. The fraction of sp³-hybridized carbons (Fsp3) is 0.933. The van der Waals surface area contributed by atoms with Crippen molar-refractivity contribution < 1.29 is 14.3 Å². The average molecular weight is 284 g/mol.